The summed E-state index contributed by atoms with van der Waals surface area (Å²) in [5.74, 6) is -0.266. The summed E-state index contributed by atoms with van der Waals surface area (Å²) in [6.45, 7) is 5.64. The maximum atomic E-state index is 13.3. The van der Waals surface area contributed by atoms with Gasteiger partial charge in [0.15, 0.2) is 5.13 Å². The highest BCUT2D eigenvalue weighted by Gasteiger charge is 2.32. The van der Waals surface area contributed by atoms with Crippen LogP contribution in [0.1, 0.15) is 19.5 Å². The van der Waals surface area contributed by atoms with Gasteiger partial charge in [0.1, 0.15) is 23.1 Å². The molecule has 1 aromatic carbocycles. The lowest BCUT2D eigenvalue weighted by Crippen LogP contribution is -2.57. The van der Waals surface area contributed by atoms with Crippen molar-refractivity contribution < 1.29 is 4.39 Å². The Bertz CT molecular complexity index is 1470. The number of fused-ring (bicyclic) bond motifs is 1. The van der Waals surface area contributed by atoms with Gasteiger partial charge in [-0.25, -0.2) is 14.4 Å². The number of hydrogen-bond acceptors (Lipinski definition) is 7. The van der Waals surface area contributed by atoms with Gasteiger partial charge in [0.05, 0.1) is 16.9 Å². The van der Waals surface area contributed by atoms with Gasteiger partial charge < -0.3 is 14.4 Å². The molecular weight excluding hydrogens is 451 g/mol. The number of pyridine rings is 2. The first-order chi connectivity index (χ1) is 16.4. The highest BCUT2D eigenvalue weighted by atomic mass is 32.1. The lowest BCUT2D eigenvalue weighted by molar-refractivity contribution is 0.481. The third-order valence-electron chi connectivity index (χ3n) is 6.36. The molecule has 4 aromatic rings. The van der Waals surface area contributed by atoms with E-state index in [-0.39, 0.29) is 23.5 Å². The van der Waals surface area contributed by atoms with Gasteiger partial charge in [0.2, 0.25) is 0 Å². The third kappa shape index (κ3) is 3.80. The number of aryl methyl sites for hydroxylation is 1. The minimum atomic E-state index is -0.266. The van der Waals surface area contributed by atoms with Gasteiger partial charge in [-0.2, -0.15) is 5.26 Å². The van der Waals surface area contributed by atoms with Gasteiger partial charge in [-0.3, -0.25) is 4.79 Å². The number of aromatic nitrogens is 3. The van der Waals surface area contributed by atoms with E-state index in [1.807, 2.05) is 5.38 Å². The van der Waals surface area contributed by atoms with E-state index < -0.39 is 0 Å². The number of nitriles is 1. The zero-order chi connectivity index (χ0) is 24.0. The molecule has 0 spiro atoms. The van der Waals surface area contributed by atoms with E-state index in [0.29, 0.717) is 29.8 Å². The Kier molecular flexibility index (Phi) is 5.54. The predicted molar refractivity (Wildman–Crippen MR) is 133 cm³/mol. The highest BCUT2D eigenvalue weighted by molar-refractivity contribution is 7.14. The van der Waals surface area contributed by atoms with Crippen LogP contribution < -0.4 is 15.4 Å². The molecular formula is C25H23FN6OS. The highest BCUT2D eigenvalue weighted by Crippen LogP contribution is 2.33. The molecule has 1 aliphatic rings. The Hall–Kier alpha value is -3.77. The van der Waals surface area contributed by atoms with Crippen LogP contribution in [0, 0.1) is 17.1 Å². The van der Waals surface area contributed by atoms with E-state index in [2.05, 4.69) is 34.7 Å². The SMILES string of the molecule is C[C@@H]1CN(c2cc(=O)n(C)c3ccc(C#N)nc23)[C@@H](C)CN1c1nc(-c2ccc(F)cc2)cs1. The number of thiazole rings is 1. The van der Waals surface area contributed by atoms with E-state index in [9.17, 15) is 14.4 Å². The van der Waals surface area contributed by atoms with E-state index in [1.54, 1.807) is 53.3 Å². The Morgan fingerprint density at radius 2 is 1.76 bits per heavy atom. The van der Waals surface area contributed by atoms with Gasteiger partial charge in [-0.05, 0) is 50.2 Å². The van der Waals surface area contributed by atoms with Crippen molar-refractivity contribution in [2.75, 3.05) is 22.9 Å². The summed E-state index contributed by atoms with van der Waals surface area (Å²) in [5.41, 5.74) is 4.03. The molecule has 172 valence electrons. The lowest BCUT2D eigenvalue weighted by atomic mass is 10.1. The molecule has 1 saturated heterocycles. The quantitative estimate of drug-likeness (QED) is 0.444. The van der Waals surface area contributed by atoms with Gasteiger partial charge >= 0.3 is 0 Å². The van der Waals surface area contributed by atoms with Crippen LogP contribution in [0.5, 0.6) is 0 Å². The number of halogens is 1. The fraction of sp³-hybridized carbons (Fsp3) is 0.280. The molecule has 0 N–H and O–H groups in total. The smallest absolute Gasteiger partial charge is 0.252 e. The molecule has 4 heterocycles. The van der Waals surface area contributed by atoms with E-state index in [4.69, 9.17) is 4.98 Å². The summed E-state index contributed by atoms with van der Waals surface area (Å²) < 4.78 is 14.8. The summed E-state index contributed by atoms with van der Waals surface area (Å²) in [6.07, 6.45) is 0. The molecule has 3 aromatic heterocycles. The van der Waals surface area contributed by atoms with Crippen molar-refractivity contribution in [3.8, 4) is 17.3 Å². The third-order valence-corrected chi connectivity index (χ3v) is 7.23. The summed E-state index contributed by atoms with van der Waals surface area (Å²) >= 11 is 1.57. The molecule has 2 atom stereocenters. The lowest BCUT2D eigenvalue weighted by Gasteiger charge is -2.45. The molecule has 0 amide bonds. The number of nitrogens with zero attached hydrogens (tertiary/aromatic N) is 6. The maximum Gasteiger partial charge on any atom is 0.252 e. The zero-order valence-corrected chi connectivity index (χ0v) is 19.9. The normalized spacial score (nSPS) is 18.3. The second kappa shape index (κ2) is 8.54. The maximum absolute atomic E-state index is 13.3. The predicted octanol–water partition coefficient (Wildman–Crippen LogP) is 4.17. The number of hydrogen-bond donors (Lipinski definition) is 0. The van der Waals surface area contributed by atoms with Gasteiger partial charge in [-0.1, -0.05) is 0 Å². The van der Waals surface area contributed by atoms with E-state index >= 15 is 0 Å². The van der Waals surface area contributed by atoms with Crippen LogP contribution in [0.3, 0.4) is 0 Å². The number of benzene rings is 1. The average Bonchev–Trinajstić information content (AvgIpc) is 3.33. The molecule has 0 bridgehead atoms. The molecule has 0 radical (unpaired) electrons. The van der Waals surface area contributed by atoms with Crippen LogP contribution in [0.4, 0.5) is 15.2 Å². The first kappa shape index (κ1) is 22.0. The minimum Gasteiger partial charge on any atom is -0.363 e. The molecule has 34 heavy (non-hydrogen) atoms. The summed E-state index contributed by atoms with van der Waals surface area (Å²) in [4.78, 5) is 26.5. The molecule has 0 saturated carbocycles. The standard InChI is InChI=1S/C25H23FN6OS/c1-15-13-32(25-29-20(14-34-25)17-4-6-18(26)7-5-17)16(2)12-31(15)22-10-23(33)30(3)21-9-8-19(11-27)28-24(21)22/h4-10,14-16H,12-13H2,1-3H3/t15-,16+/m0/s1. The van der Waals surface area contributed by atoms with Gasteiger partial charge in [0, 0.05) is 49.2 Å². The summed E-state index contributed by atoms with van der Waals surface area (Å²) in [5, 5.41) is 12.3. The van der Waals surface area contributed by atoms with Crippen molar-refractivity contribution in [3.63, 3.8) is 0 Å². The number of rotatable bonds is 3. The van der Waals surface area contributed by atoms with Crippen molar-refractivity contribution >= 4 is 33.2 Å². The Balaban J connectivity index is 1.46. The Labute approximate surface area is 200 Å². The number of anilines is 2. The number of piperazine rings is 1. The fourth-order valence-electron chi connectivity index (χ4n) is 4.47. The first-order valence-corrected chi connectivity index (χ1v) is 11.9. The second-order valence-electron chi connectivity index (χ2n) is 8.63. The molecule has 1 aliphatic heterocycles. The van der Waals surface area contributed by atoms with Crippen LogP contribution in [0.2, 0.25) is 0 Å². The average molecular weight is 475 g/mol. The summed E-state index contributed by atoms with van der Waals surface area (Å²) in [6, 6.07) is 13.7. The Morgan fingerprint density at radius 1 is 1.06 bits per heavy atom. The molecule has 7 nitrogen and oxygen atoms in total. The van der Waals surface area contributed by atoms with Gasteiger partial charge in [-0.15, -0.1) is 11.3 Å². The fourth-order valence-corrected chi connectivity index (χ4v) is 5.42. The van der Waals surface area contributed by atoms with Crippen LogP contribution in [0.15, 0.2) is 52.6 Å². The largest absolute Gasteiger partial charge is 0.363 e. The second-order valence-corrected chi connectivity index (χ2v) is 9.46. The Morgan fingerprint density at radius 3 is 2.50 bits per heavy atom. The van der Waals surface area contributed by atoms with Crippen molar-refractivity contribution in [2.24, 2.45) is 7.05 Å². The van der Waals surface area contributed by atoms with Crippen molar-refractivity contribution in [1.29, 1.82) is 5.26 Å². The first-order valence-electron chi connectivity index (χ1n) is 11.0. The van der Waals surface area contributed by atoms with Crippen molar-refractivity contribution in [3.05, 3.63) is 69.7 Å². The van der Waals surface area contributed by atoms with E-state index in [1.165, 1.54) is 12.1 Å². The van der Waals surface area contributed by atoms with E-state index in [0.717, 1.165) is 22.1 Å². The molecule has 9 heteroatoms. The van der Waals surface area contributed by atoms with Crippen molar-refractivity contribution in [2.45, 2.75) is 25.9 Å². The zero-order valence-electron chi connectivity index (χ0n) is 19.1. The molecule has 5 rings (SSSR count). The summed E-state index contributed by atoms with van der Waals surface area (Å²) in [7, 11) is 1.72. The minimum absolute atomic E-state index is 0.0808. The van der Waals surface area contributed by atoms with Crippen LogP contribution in [0.25, 0.3) is 22.3 Å². The molecule has 1 fully saturated rings. The molecule has 0 aliphatic carbocycles. The van der Waals surface area contributed by atoms with Crippen LogP contribution >= 0.6 is 11.3 Å². The molecule has 0 unspecified atom stereocenters. The van der Waals surface area contributed by atoms with Gasteiger partial charge in [0.25, 0.3) is 5.56 Å². The van der Waals surface area contributed by atoms with Crippen molar-refractivity contribution in [1.82, 2.24) is 14.5 Å². The van der Waals surface area contributed by atoms with Crippen LogP contribution in [-0.2, 0) is 7.05 Å². The van der Waals surface area contributed by atoms with Crippen LogP contribution in [-0.4, -0.2) is 39.7 Å². The monoisotopic (exact) mass is 474 g/mol. The topological polar surface area (TPSA) is 78.0 Å².